The number of carbonyl (C=O) groups is 2. The number of carbonyl (C=O) groups excluding carboxylic acids is 2. The number of thiazole rings is 2. The minimum absolute atomic E-state index is 0. The van der Waals surface area contributed by atoms with Gasteiger partial charge in [-0.1, -0.05) is 46.9 Å². The normalized spacial score (nSPS) is 12.6. The number of hydrogen-bond donors (Lipinski definition) is 0. The van der Waals surface area contributed by atoms with Gasteiger partial charge in [-0.2, -0.15) is 9.13 Å². The molecule has 0 radical (unpaired) electrons. The molecule has 5 rings (SSSR count). The van der Waals surface area contributed by atoms with Gasteiger partial charge in [-0.3, -0.25) is 9.59 Å². The Hall–Kier alpha value is -1.92. The summed E-state index contributed by atoms with van der Waals surface area (Å²) < 4.78 is 4.08. The summed E-state index contributed by atoms with van der Waals surface area (Å²) in [5.41, 5.74) is 7.68. The van der Waals surface area contributed by atoms with Crippen LogP contribution in [0.25, 0.3) is 0 Å². The molecule has 0 aliphatic carbocycles. The number of aromatic nitrogens is 2. The van der Waals surface area contributed by atoms with Gasteiger partial charge in [0.25, 0.3) is 5.91 Å². The van der Waals surface area contributed by atoms with Crippen LogP contribution in [0.4, 0.5) is 5.69 Å². The number of benzene rings is 1. The van der Waals surface area contributed by atoms with Crippen molar-refractivity contribution < 1.29 is 52.7 Å². The Morgan fingerprint density at radius 3 is 1.79 bits per heavy atom. The zero-order valence-corrected chi connectivity index (χ0v) is 28.2. The van der Waals surface area contributed by atoms with E-state index in [1.165, 1.54) is 38.2 Å². The van der Waals surface area contributed by atoms with Gasteiger partial charge in [0.2, 0.25) is 29.9 Å². The number of anilines is 1. The number of Topliss-reactive ketones (excluding diaryl/α,β-unsaturated/α-hetero) is 1. The molecule has 11 heteroatoms. The van der Waals surface area contributed by atoms with Crippen LogP contribution < -0.4 is 48.0 Å². The van der Waals surface area contributed by atoms with Crippen molar-refractivity contribution in [2.24, 2.45) is 0 Å². The number of thiophene rings is 1. The van der Waals surface area contributed by atoms with Crippen LogP contribution in [0.15, 0.2) is 58.9 Å². The van der Waals surface area contributed by atoms with Crippen LogP contribution in [0.1, 0.15) is 30.8 Å². The first-order chi connectivity index (χ1) is 17.8. The first kappa shape index (κ1) is 33.3. The Morgan fingerprint density at radius 1 is 0.744 bits per heavy atom. The maximum absolute atomic E-state index is 12.5. The lowest BCUT2D eigenvalue weighted by Crippen LogP contribution is -3.00. The van der Waals surface area contributed by atoms with Gasteiger partial charge in [0.05, 0.1) is 14.6 Å². The van der Waals surface area contributed by atoms with Crippen molar-refractivity contribution in [2.75, 3.05) is 31.1 Å². The van der Waals surface area contributed by atoms with Crippen LogP contribution >= 0.6 is 34.0 Å². The van der Waals surface area contributed by atoms with Crippen LogP contribution in [-0.4, -0.2) is 42.8 Å². The molecule has 1 fully saturated rings. The molecule has 1 aliphatic heterocycles. The van der Waals surface area contributed by atoms with Crippen molar-refractivity contribution in [2.45, 2.75) is 40.8 Å². The van der Waals surface area contributed by atoms with Gasteiger partial charge < -0.3 is 43.8 Å². The number of amides is 1. The lowest BCUT2D eigenvalue weighted by atomic mass is 10.2. The smallest absolute Gasteiger partial charge is 0.288 e. The molecule has 210 valence electrons. The van der Waals surface area contributed by atoms with E-state index in [1.807, 2.05) is 51.0 Å². The lowest BCUT2D eigenvalue weighted by Gasteiger charge is -2.35. The molecule has 1 amide bonds. The van der Waals surface area contributed by atoms with E-state index < -0.39 is 0 Å². The van der Waals surface area contributed by atoms with Crippen LogP contribution in [0.5, 0.6) is 0 Å². The number of nitrogens with zero attached hydrogens (tertiary/aromatic N) is 4. The van der Waals surface area contributed by atoms with Crippen LogP contribution in [0, 0.1) is 27.7 Å². The summed E-state index contributed by atoms with van der Waals surface area (Å²) in [6, 6.07) is 14.2. The minimum Gasteiger partial charge on any atom is -1.00 e. The maximum atomic E-state index is 12.5. The molecule has 0 bridgehead atoms. The fourth-order valence-corrected chi connectivity index (χ4v) is 6.37. The van der Waals surface area contributed by atoms with Gasteiger partial charge in [-0.05, 0) is 37.4 Å². The highest BCUT2D eigenvalue weighted by Gasteiger charge is 2.25. The molecule has 4 heterocycles. The minimum atomic E-state index is 0. The van der Waals surface area contributed by atoms with Gasteiger partial charge in [-0.15, -0.1) is 11.3 Å². The third-order valence-electron chi connectivity index (χ3n) is 6.76. The van der Waals surface area contributed by atoms with Crippen molar-refractivity contribution in [3.8, 4) is 0 Å². The first-order valence-corrected chi connectivity index (χ1v) is 15.0. The molecular formula is C28H34Br2N4O2S3. The van der Waals surface area contributed by atoms with E-state index in [9.17, 15) is 9.59 Å². The summed E-state index contributed by atoms with van der Waals surface area (Å²) in [5, 5.41) is 1.93. The van der Waals surface area contributed by atoms with Gasteiger partial charge in [0.15, 0.2) is 11.4 Å². The summed E-state index contributed by atoms with van der Waals surface area (Å²) in [5.74, 6) is 0.412. The molecule has 1 aromatic carbocycles. The van der Waals surface area contributed by atoms with Crippen molar-refractivity contribution in [3.63, 3.8) is 0 Å². The fourth-order valence-electron chi connectivity index (χ4n) is 4.10. The third kappa shape index (κ3) is 8.78. The Morgan fingerprint density at radius 2 is 1.31 bits per heavy atom. The van der Waals surface area contributed by atoms with E-state index in [1.54, 1.807) is 22.7 Å². The maximum Gasteiger partial charge on any atom is 0.288 e. The van der Waals surface area contributed by atoms with E-state index in [2.05, 4.69) is 54.5 Å². The lowest BCUT2D eigenvalue weighted by molar-refractivity contribution is -0.686. The number of ketones is 1. The second-order valence-electron chi connectivity index (χ2n) is 9.09. The number of aryl methyl sites for hydroxylation is 2. The third-order valence-corrected chi connectivity index (χ3v) is 9.69. The molecule has 1 saturated heterocycles. The van der Waals surface area contributed by atoms with E-state index in [0.29, 0.717) is 13.1 Å². The molecule has 4 aromatic rings. The molecule has 0 spiro atoms. The van der Waals surface area contributed by atoms with Crippen LogP contribution in [0.2, 0.25) is 0 Å². The second kappa shape index (κ2) is 15.8. The predicted molar refractivity (Wildman–Crippen MR) is 152 cm³/mol. The Balaban J connectivity index is 0.000000277. The molecule has 0 atom stereocenters. The van der Waals surface area contributed by atoms with E-state index in [-0.39, 0.29) is 45.7 Å². The fraction of sp³-hybridized carbons (Fsp3) is 0.357. The van der Waals surface area contributed by atoms with Gasteiger partial charge in [0.1, 0.15) is 0 Å². The first-order valence-electron chi connectivity index (χ1n) is 12.4. The molecule has 1 aliphatic rings. The molecular weight excluding hydrogens is 680 g/mol. The number of halogens is 2. The van der Waals surface area contributed by atoms with Crippen LogP contribution in [0.3, 0.4) is 0 Å². The Kier molecular flexibility index (Phi) is 13.5. The van der Waals surface area contributed by atoms with Crippen molar-refractivity contribution >= 4 is 51.4 Å². The molecule has 3 aromatic heterocycles. The monoisotopic (exact) mass is 712 g/mol. The number of hydrogen-bond acceptors (Lipinski definition) is 6. The summed E-state index contributed by atoms with van der Waals surface area (Å²) >= 11 is 4.89. The summed E-state index contributed by atoms with van der Waals surface area (Å²) in [6.07, 6.45) is 0. The highest BCUT2D eigenvalue weighted by Crippen LogP contribution is 2.16. The van der Waals surface area contributed by atoms with E-state index in [0.717, 1.165) is 31.1 Å². The average molecular weight is 715 g/mol. The van der Waals surface area contributed by atoms with E-state index in [4.69, 9.17) is 0 Å². The van der Waals surface area contributed by atoms with Crippen molar-refractivity contribution in [1.82, 2.24) is 4.90 Å². The Labute approximate surface area is 264 Å². The predicted octanol–water partition coefficient (Wildman–Crippen LogP) is -1.39. The Bertz CT molecular complexity index is 1330. The average Bonchev–Trinajstić information content (AvgIpc) is 3.65. The number of para-hydroxylation sites is 1. The standard InChI is InChI=1S/C17H22N3OS.C11H12NOS2.2BrH/c1-14-15(2)22-13-20(14)12-17(21)19-10-8-18(9-11-19)16-6-4-3-5-7-16;1-8-9(2)15-7-12(8)6-10(13)11-4-3-5-14-11;;/h3-7,13H,8-12H2,1-2H3;3-5,7H,6H2,1-2H3;2*1H/q2*+1;;/p-2. The van der Waals surface area contributed by atoms with Crippen molar-refractivity contribution in [1.29, 1.82) is 0 Å². The highest BCUT2D eigenvalue weighted by atomic mass is 79.9. The molecule has 39 heavy (non-hydrogen) atoms. The van der Waals surface area contributed by atoms with Gasteiger partial charge >= 0.3 is 0 Å². The number of rotatable bonds is 6. The molecule has 6 nitrogen and oxygen atoms in total. The summed E-state index contributed by atoms with van der Waals surface area (Å²) in [6.45, 7) is 12.6. The highest BCUT2D eigenvalue weighted by molar-refractivity contribution is 7.12. The van der Waals surface area contributed by atoms with Crippen LogP contribution in [-0.2, 0) is 17.9 Å². The molecule has 0 saturated carbocycles. The molecule has 0 N–H and O–H groups in total. The summed E-state index contributed by atoms with van der Waals surface area (Å²) in [4.78, 5) is 32.0. The quantitative estimate of drug-likeness (QED) is 0.183. The summed E-state index contributed by atoms with van der Waals surface area (Å²) in [7, 11) is 0. The van der Waals surface area contributed by atoms with Crippen molar-refractivity contribution in [3.05, 3.63) is 84.9 Å². The SMILES string of the molecule is Cc1sc[n+](CC(=O)N2CCN(c3ccccc3)CC2)c1C.Cc1sc[n+](CC(=O)c2cccs2)c1C.[Br-].[Br-]. The number of piperazine rings is 1. The second-order valence-corrected chi connectivity index (χ2v) is 12.2. The topological polar surface area (TPSA) is 48.4 Å². The van der Waals surface area contributed by atoms with Gasteiger partial charge in [0, 0.05) is 45.7 Å². The zero-order chi connectivity index (χ0) is 26.4. The largest absolute Gasteiger partial charge is 1.00 e. The van der Waals surface area contributed by atoms with Gasteiger partial charge in [-0.25, -0.2) is 0 Å². The zero-order valence-electron chi connectivity index (χ0n) is 22.6. The molecule has 0 unspecified atom stereocenters. The van der Waals surface area contributed by atoms with E-state index >= 15 is 0 Å².